The molecule has 0 aliphatic rings. The molecule has 2 heterocycles. The monoisotopic (exact) mass is 418 g/mol. The summed E-state index contributed by atoms with van der Waals surface area (Å²) in [6.07, 6.45) is 1.00. The highest BCUT2D eigenvalue weighted by atomic mass is 79.9. The molecule has 0 bridgehead atoms. The highest BCUT2D eigenvalue weighted by molar-refractivity contribution is 9.10. The minimum absolute atomic E-state index is 0.338. The molecule has 2 aromatic heterocycles. The predicted octanol–water partition coefficient (Wildman–Crippen LogP) is 4.38. The SMILES string of the molecule is CCCN(c1nc(-c2nc(N)cc(N)n2)cs1)c1cc(Br)ccc1C. The molecular formula is C17H19BrN6S. The Morgan fingerprint density at radius 2 is 1.84 bits per heavy atom. The maximum absolute atomic E-state index is 5.77. The molecule has 8 heteroatoms. The van der Waals surface area contributed by atoms with Crippen molar-refractivity contribution in [1.82, 2.24) is 15.0 Å². The largest absolute Gasteiger partial charge is 0.384 e. The van der Waals surface area contributed by atoms with Gasteiger partial charge in [0.15, 0.2) is 11.0 Å². The lowest BCUT2D eigenvalue weighted by Crippen LogP contribution is -2.18. The van der Waals surface area contributed by atoms with Crippen molar-refractivity contribution < 1.29 is 0 Å². The number of aryl methyl sites for hydroxylation is 1. The molecule has 0 saturated carbocycles. The van der Waals surface area contributed by atoms with Gasteiger partial charge in [0.1, 0.15) is 17.3 Å². The molecule has 3 aromatic rings. The topological polar surface area (TPSA) is 94.0 Å². The van der Waals surface area contributed by atoms with Crippen molar-refractivity contribution in [3.05, 3.63) is 39.7 Å². The first-order chi connectivity index (χ1) is 12.0. The second kappa shape index (κ2) is 7.37. The summed E-state index contributed by atoms with van der Waals surface area (Å²) in [5.41, 5.74) is 14.5. The van der Waals surface area contributed by atoms with E-state index < -0.39 is 0 Å². The van der Waals surface area contributed by atoms with E-state index in [4.69, 9.17) is 16.5 Å². The van der Waals surface area contributed by atoms with E-state index in [1.54, 1.807) is 11.3 Å². The van der Waals surface area contributed by atoms with Gasteiger partial charge in [-0.1, -0.05) is 28.9 Å². The molecular weight excluding hydrogens is 400 g/mol. The molecule has 0 aliphatic carbocycles. The smallest absolute Gasteiger partial charge is 0.190 e. The van der Waals surface area contributed by atoms with E-state index in [1.165, 1.54) is 11.6 Å². The van der Waals surface area contributed by atoms with Crippen LogP contribution >= 0.6 is 27.3 Å². The van der Waals surface area contributed by atoms with Gasteiger partial charge in [-0.15, -0.1) is 11.3 Å². The fraction of sp³-hybridized carbons (Fsp3) is 0.235. The van der Waals surface area contributed by atoms with Gasteiger partial charge in [-0.25, -0.2) is 15.0 Å². The number of rotatable bonds is 5. The second-order valence-electron chi connectivity index (χ2n) is 5.64. The van der Waals surface area contributed by atoms with Gasteiger partial charge < -0.3 is 16.4 Å². The minimum Gasteiger partial charge on any atom is -0.384 e. The Kier molecular flexibility index (Phi) is 5.19. The third kappa shape index (κ3) is 3.91. The third-order valence-electron chi connectivity index (χ3n) is 3.63. The van der Waals surface area contributed by atoms with Gasteiger partial charge in [-0.3, -0.25) is 0 Å². The Balaban J connectivity index is 2.01. The van der Waals surface area contributed by atoms with Crippen LogP contribution < -0.4 is 16.4 Å². The zero-order valence-electron chi connectivity index (χ0n) is 14.0. The standard InChI is InChI=1S/C17H19BrN6S/c1-3-6-24(13-7-11(18)5-4-10(13)2)17-21-12(9-25-17)16-22-14(19)8-15(20)23-16/h4-5,7-9H,3,6H2,1-2H3,(H4,19,20,22,23). The molecule has 0 aliphatic heterocycles. The molecule has 0 spiro atoms. The van der Waals surface area contributed by atoms with Crippen LogP contribution in [0.1, 0.15) is 18.9 Å². The average Bonchev–Trinajstić information content (AvgIpc) is 3.04. The number of nitrogens with zero attached hydrogens (tertiary/aromatic N) is 4. The molecule has 0 saturated heterocycles. The summed E-state index contributed by atoms with van der Waals surface area (Å²) in [6, 6.07) is 7.78. The lowest BCUT2D eigenvalue weighted by Gasteiger charge is -2.23. The van der Waals surface area contributed by atoms with Crippen molar-refractivity contribution in [1.29, 1.82) is 0 Å². The molecule has 4 N–H and O–H groups in total. The molecule has 0 amide bonds. The summed E-state index contributed by atoms with van der Waals surface area (Å²) in [4.78, 5) is 15.4. The van der Waals surface area contributed by atoms with Crippen molar-refractivity contribution in [2.75, 3.05) is 22.9 Å². The van der Waals surface area contributed by atoms with Crippen LogP contribution in [0.4, 0.5) is 22.5 Å². The normalized spacial score (nSPS) is 10.8. The maximum atomic E-state index is 5.77. The van der Waals surface area contributed by atoms with E-state index in [0.717, 1.165) is 28.3 Å². The fourth-order valence-electron chi connectivity index (χ4n) is 2.51. The van der Waals surface area contributed by atoms with Crippen molar-refractivity contribution in [3.63, 3.8) is 0 Å². The van der Waals surface area contributed by atoms with E-state index in [2.05, 4.69) is 56.8 Å². The number of benzene rings is 1. The van der Waals surface area contributed by atoms with Crippen LogP contribution in [-0.4, -0.2) is 21.5 Å². The molecule has 0 fully saturated rings. The van der Waals surface area contributed by atoms with E-state index in [-0.39, 0.29) is 0 Å². The quantitative estimate of drug-likeness (QED) is 0.637. The van der Waals surface area contributed by atoms with Crippen molar-refractivity contribution >= 4 is 49.7 Å². The van der Waals surface area contributed by atoms with Gasteiger partial charge in [-0.2, -0.15) is 0 Å². The highest BCUT2D eigenvalue weighted by Crippen LogP contribution is 2.34. The fourth-order valence-corrected chi connectivity index (χ4v) is 3.70. The van der Waals surface area contributed by atoms with Gasteiger partial charge in [0.05, 0.1) is 0 Å². The van der Waals surface area contributed by atoms with Crippen molar-refractivity contribution in [2.45, 2.75) is 20.3 Å². The first-order valence-corrected chi connectivity index (χ1v) is 9.55. The van der Waals surface area contributed by atoms with Crippen LogP contribution in [0.2, 0.25) is 0 Å². The number of halogens is 1. The van der Waals surface area contributed by atoms with E-state index >= 15 is 0 Å². The molecule has 3 rings (SSSR count). The van der Waals surface area contributed by atoms with Crippen LogP contribution in [0.15, 0.2) is 34.1 Å². The first-order valence-electron chi connectivity index (χ1n) is 7.87. The van der Waals surface area contributed by atoms with Crippen LogP contribution in [0.5, 0.6) is 0 Å². The van der Waals surface area contributed by atoms with Gasteiger partial charge in [0, 0.05) is 28.2 Å². The number of hydrogen-bond acceptors (Lipinski definition) is 7. The number of aromatic nitrogens is 3. The molecule has 1 aromatic carbocycles. The predicted molar refractivity (Wildman–Crippen MR) is 108 cm³/mol. The summed E-state index contributed by atoms with van der Waals surface area (Å²) in [5, 5.41) is 2.82. The van der Waals surface area contributed by atoms with E-state index in [9.17, 15) is 0 Å². The van der Waals surface area contributed by atoms with Crippen molar-refractivity contribution in [3.8, 4) is 11.5 Å². The Bertz CT molecular complexity index is 874. The number of nitrogens with two attached hydrogens (primary N) is 2. The highest BCUT2D eigenvalue weighted by Gasteiger charge is 2.17. The lowest BCUT2D eigenvalue weighted by molar-refractivity contribution is 0.878. The number of hydrogen-bond donors (Lipinski definition) is 2. The maximum Gasteiger partial charge on any atom is 0.190 e. The first kappa shape index (κ1) is 17.6. The molecule has 25 heavy (non-hydrogen) atoms. The summed E-state index contributed by atoms with van der Waals surface area (Å²) in [7, 11) is 0. The summed E-state index contributed by atoms with van der Waals surface area (Å²) in [6.45, 7) is 5.11. The Morgan fingerprint density at radius 1 is 1.12 bits per heavy atom. The molecule has 130 valence electrons. The Labute approximate surface area is 159 Å². The zero-order valence-corrected chi connectivity index (χ0v) is 16.4. The minimum atomic E-state index is 0.338. The number of nitrogen functional groups attached to an aromatic ring is 2. The molecule has 0 atom stereocenters. The number of anilines is 4. The van der Waals surface area contributed by atoms with E-state index in [0.29, 0.717) is 23.2 Å². The van der Waals surface area contributed by atoms with Crippen LogP contribution in [-0.2, 0) is 0 Å². The van der Waals surface area contributed by atoms with Crippen molar-refractivity contribution in [2.24, 2.45) is 0 Å². The number of thiazole rings is 1. The summed E-state index contributed by atoms with van der Waals surface area (Å²) < 4.78 is 1.04. The Hall–Kier alpha value is -2.19. The summed E-state index contributed by atoms with van der Waals surface area (Å²) in [5.74, 6) is 1.12. The summed E-state index contributed by atoms with van der Waals surface area (Å²) >= 11 is 5.11. The van der Waals surface area contributed by atoms with Gasteiger partial charge in [-0.05, 0) is 31.0 Å². The zero-order chi connectivity index (χ0) is 18.0. The van der Waals surface area contributed by atoms with E-state index in [1.807, 2.05) is 11.4 Å². The van der Waals surface area contributed by atoms with Crippen LogP contribution in [0.25, 0.3) is 11.5 Å². The third-order valence-corrected chi connectivity index (χ3v) is 4.98. The Morgan fingerprint density at radius 3 is 2.52 bits per heavy atom. The molecule has 0 radical (unpaired) electrons. The van der Waals surface area contributed by atoms with Crippen LogP contribution in [0.3, 0.4) is 0 Å². The van der Waals surface area contributed by atoms with Gasteiger partial charge in [0.25, 0.3) is 0 Å². The molecule has 0 unspecified atom stereocenters. The lowest BCUT2D eigenvalue weighted by atomic mass is 10.2. The van der Waals surface area contributed by atoms with Crippen LogP contribution in [0, 0.1) is 6.92 Å². The average molecular weight is 419 g/mol. The molecule has 6 nitrogen and oxygen atoms in total. The second-order valence-corrected chi connectivity index (χ2v) is 7.39. The van der Waals surface area contributed by atoms with Gasteiger partial charge >= 0.3 is 0 Å². The van der Waals surface area contributed by atoms with Gasteiger partial charge in [0.2, 0.25) is 0 Å².